The first-order chi connectivity index (χ1) is 8.02. The Morgan fingerprint density at radius 1 is 1.65 bits per heavy atom. The number of anilines is 2. The molecule has 1 heterocycles. The molecule has 0 aromatic carbocycles. The van der Waals surface area contributed by atoms with Crippen LogP contribution in [-0.4, -0.2) is 38.8 Å². The van der Waals surface area contributed by atoms with E-state index in [4.69, 9.17) is 10.8 Å². The fraction of sp³-hybridized carbons (Fsp3) is 0.400. The summed E-state index contributed by atoms with van der Waals surface area (Å²) in [5.41, 5.74) is 5.81. The number of carbonyl (C=O) groups is 1. The number of pyridine rings is 1. The first-order valence-corrected chi connectivity index (χ1v) is 6.76. The Labute approximate surface area is 102 Å². The third kappa shape index (κ3) is 4.03. The predicted molar refractivity (Wildman–Crippen MR) is 67.6 cm³/mol. The van der Waals surface area contributed by atoms with Crippen LogP contribution in [0.5, 0.6) is 0 Å². The van der Waals surface area contributed by atoms with Crippen molar-refractivity contribution in [2.45, 2.75) is 6.42 Å². The number of aromatic carboxylic acids is 1. The van der Waals surface area contributed by atoms with Crippen molar-refractivity contribution in [3.8, 4) is 0 Å². The van der Waals surface area contributed by atoms with Crippen molar-refractivity contribution >= 4 is 28.3 Å². The number of nitrogens with zero attached hydrogens (tertiary/aromatic N) is 1. The average Bonchev–Trinajstić information content (AvgIpc) is 2.25. The molecule has 4 N–H and O–H groups in total. The summed E-state index contributed by atoms with van der Waals surface area (Å²) in [5.74, 6) is -0.139. The van der Waals surface area contributed by atoms with E-state index in [-0.39, 0.29) is 11.3 Å². The number of hydrogen-bond acceptors (Lipinski definition) is 5. The van der Waals surface area contributed by atoms with Crippen LogP contribution in [0.15, 0.2) is 12.3 Å². The molecule has 0 saturated carbocycles. The number of nitrogens with one attached hydrogen (secondary N) is 1. The van der Waals surface area contributed by atoms with E-state index in [2.05, 4.69) is 10.3 Å². The summed E-state index contributed by atoms with van der Waals surface area (Å²) in [7, 11) is -0.826. The number of carboxylic acid groups (broad SMARTS) is 1. The molecule has 7 heteroatoms. The van der Waals surface area contributed by atoms with Gasteiger partial charge >= 0.3 is 5.97 Å². The maximum absolute atomic E-state index is 10.8. The van der Waals surface area contributed by atoms with Crippen LogP contribution in [0.4, 0.5) is 11.5 Å². The van der Waals surface area contributed by atoms with Crippen molar-refractivity contribution < 1.29 is 14.1 Å². The van der Waals surface area contributed by atoms with Gasteiger partial charge in [-0.1, -0.05) is 0 Å². The zero-order valence-electron chi connectivity index (χ0n) is 9.47. The molecular weight excluding hydrogens is 242 g/mol. The number of nitrogens with two attached hydrogens (primary N) is 1. The Kier molecular flexibility index (Phi) is 4.89. The van der Waals surface area contributed by atoms with E-state index >= 15 is 0 Å². The molecule has 1 aromatic heterocycles. The smallest absolute Gasteiger partial charge is 0.337 e. The van der Waals surface area contributed by atoms with E-state index in [1.165, 1.54) is 12.3 Å². The summed E-state index contributed by atoms with van der Waals surface area (Å²) in [4.78, 5) is 14.8. The zero-order chi connectivity index (χ0) is 12.8. The second-order valence-corrected chi connectivity index (χ2v) is 5.04. The van der Waals surface area contributed by atoms with Gasteiger partial charge < -0.3 is 16.2 Å². The van der Waals surface area contributed by atoms with Gasteiger partial charge in [0.1, 0.15) is 5.82 Å². The van der Waals surface area contributed by atoms with Gasteiger partial charge in [0.05, 0.1) is 11.3 Å². The summed E-state index contributed by atoms with van der Waals surface area (Å²) in [6.07, 6.45) is 3.74. The molecule has 1 unspecified atom stereocenters. The first-order valence-electron chi connectivity index (χ1n) is 5.04. The van der Waals surface area contributed by atoms with E-state index in [1.807, 2.05) is 0 Å². The molecule has 0 aliphatic rings. The molecule has 0 radical (unpaired) electrons. The quantitative estimate of drug-likeness (QED) is 0.642. The maximum atomic E-state index is 10.8. The van der Waals surface area contributed by atoms with Crippen LogP contribution in [-0.2, 0) is 10.8 Å². The van der Waals surface area contributed by atoms with E-state index in [0.717, 1.165) is 0 Å². The molecule has 94 valence electrons. The minimum absolute atomic E-state index is 0.0292. The van der Waals surface area contributed by atoms with Crippen LogP contribution in [0.1, 0.15) is 16.8 Å². The molecular formula is C10H15N3O3S. The summed E-state index contributed by atoms with van der Waals surface area (Å²) < 4.78 is 10.8. The summed E-state index contributed by atoms with van der Waals surface area (Å²) in [6.45, 7) is 0.555. The summed E-state index contributed by atoms with van der Waals surface area (Å²) in [6, 6.07) is 1.35. The highest BCUT2D eigenvalue weighted by molar-refractivity contribution is 7.84. The number of hydrogen-bond donors (Lipinski definition) is 3. The van der Waals surface area contributed by atoms with Crippen LogP contribution in [0, 0.1) is 0 Å². The van der Waals surface area contributed by atoms with E-state index in [9.17, 15) is 9.00 Å². The van der Waals surface area contributed by atoms with Crippen molar-refractivity contribution in [3.63, 3.8) is 0 Å². The monoisotopic (exact) mass is 257 g/mol. The predicted octanol–water partition coefficient (Wildman–Crippen LogP) is 0.543. The van der Waals surface area contributed by atoms with Crippen molar-refractivity contribution in [1.82, 2.24) is 4.98 Å². The summed E-state index contributed by atoms with van der Waals surface area (Å²) in [5, 5.41) is 11.8. The van der Waals surface area contributed by atoms with Gasteiger partial charge in [-0.3, -0.25) is 4.21 Å². The molecule has 17 heavy (non-hydrogen) atoms. The lowest BCUT2D eigenvalue weighted by atomic mass is 10.2. The minimum Gasteiger partial charge on any atom is -0.478 e. The Morgan fingerprint density at radius 2 is 2.35 bits per heavy atom. The molecule has 0 amide bonds. The zero-order valence-corrected chi connectivity index (χ0v) is 10.3. The second-order valence-electron chi connectivity index (χ2n) is 3.48. The Morgan fingerprint density at radius 3 is 2.94 bits per heavy atom. The second kappa shape index (κ2) is 6.19. The Bertz CT molecular complexity index is 437. The van der Waals surface area contributed by atoms with Gasteiger partial charge in [-0.25, -0.2) is 9.78 Å². The fourth-order valence-electron chi connectivity index (χ4n) is 1.28. The SMILES string of the molecule is CS(=O)CCCNc1nccc(C(=O)O)c1N. The number of aromatic nitrogens is 1. The molecule has 1 rings (SSSR count). The van der Waals surface area contributed by atoms with Crippen LogP contribution in [0.2, 0.25) is 0 Å². The molecule has 1 atom stereocenters. The number of rotatable bonds is 6. The topological polar surface area (TPSA) is 105 Å². The van der Waals surface area contributed by atoms with Crippen molar-refractivity contribution in [3.05, 3.63) is 17.8 Å². The third-order valence-electron chi connectivity index (χ3n) is 2.12. The van der Waals surface area contributed by atoms with Crippen molar-refractivity contribution in [1.29, 1.82) is 0 Å². The van der Waals surface area contributed by atoms with Crippen LogP contribution in [0.25, 0.3) is 0 Å². The van der Waals surface area contributed by atoms with Gasteiger partial charge in [0, 0.05) is 35.5 Å². The molecule has 0 bridgehead atoms. The number of nitrogen functional groups attached to an aromatic ring is 1. The van der Waals surface area contributed by atoms with Crippen molar-refractivity contribution in [2.75, 3.05) is 29.6 Å². The molecule has 1 aromatic rings. The van der Waals surface area contributed by atoms with Crippen LogP contribution in [0.3, 0.4) is 0 Å². The molecule has 0 aliphatic carbocycles. The highest BCUT2D eigenvalue weighted by Crippen LogP contribution is 2.19. The first kappa shape index (κ1) is 13.4. The highest BCUT2D eigenvalue weighted by atomic mass is 32.2. The standard InChI is InChI=1S/C10H15N3O3S/c1-17(16)6-2-4-12-9-8(11)7(10(14)15)3-5-13-9/h3,5H,2,4,6,11H2,1H3,(H,12,13)(H,14,15). The lowest BCUT2D eigenvalue weighted by molar-refractivity contribution is 0.0698. The highest BCUT2D eigenvalue weighted by Gasteiger charge is 2.11. The average molecular weight is 257 g/mol. The summed E-state index contributed by atoms with van der Waals surface area (Å²) >= 11 is 0. The van der Waals surface area contributed by atoms with E-state index < -0.39 is 16.8 Å². The van der Waals surface area contributed by atoms with Gasteiger partial charge in [0.25, 0.3) is 0 Å². The van der Waals surface area contributed by atoms with Gasteiger partial charge in [-0.2, -0.15) is 0 Å². The lowest BCUT2D eigenvalue weighted by Crippen LogP contribution is -2.11. The van der Waals surface area contributed by atoms with E-state index in [1.54, 1.807) is 6.26 Å². The molecule has 0 aliphatic heterocycles. The Hall–Kier alpha value is -1.63. The van der Waals surface area contributed by atoms with Crippen LogP contribution < -0.4 is 11.1 Å². The third-order valence-corrected chi connectivity index (χ3v) is 2.99. The Balaban J connectivity index is 2.62. The fourth-order valence-corrected chi connectivity index (χ4v) is 1.83. The van der Waals surface area contributed by atoms with Gasteiger partial charge in [-0.05, 0) is 12.5 Å². The molecule has 0 spiro atoms. The van der Waals surface area contributed by atoms with Gasteiger partial charge in [0.2, 0.25) is 0 Å². The molecule has 0 fully saturated rings. The minimum atomic E-state index is -1.08. The van der Waals surface area contributed by atoms with Gasteiger partial charge in [-0.15, -0.1) is 0 Å². The number of carboxylic acids is 1. The van der Waals surface area contributed by atoms with Crippen LogP contribution >= 0.6 is 0 Å². The largest absolute Gasteiger partial charge is 0.478 e. The lowest BCUT2D eigenvalue weighted by Gasteiger charge is -2.09. The van der Waals surface area contributed by atoms with Gasteiger partial charge in [0.15, 0.2) is 0 Å². The molecule has 6 nitrogen and oxygen atoms in total. The van der Waals surface area contributed by atoms with E-state index in [0.29, 0.717) is 24.5 Å². The molecule has 0 saturated heterocycles. The maximum Gasteiger partial charge on any atom is 0.337 e. The van der Waals surface area contributed by atoms with Crippen molar-refractivity contribution in [2.24, 2.45) is 0 Å². The normalized spacial score (nSPS) is 12.1.